The first-order valence-corrected chi connectivity index (χ1v) is 15.5. The third-order valence-corrected chi connectivity index (χ3v) is 9.64. The Balaban J connectivity index is 1.64. The fourth-order valence-electron chi connectivity index (χ4n) is 5.83. The number of methoxy groups -OCH3 is 1. The van der Waals surface area contributed by atoms with Gasteiger partial charge in [-0.25, -0.2) is 4.72 Å². The smallest absolute Gasteiger partial charge is 0.303 e. The molecule has 3 aliphatic rings. The second kappa shape index (κ2) is 11.8. The van der Waals surface area contributed by atoms with Gasteiger partial charge in [0.1, 0.15) is 5.75 Å². The molecule has 6 rings (SSSR count). The maximum Gasteiger partial charge on any atom is 0.303 e. The van der Waals surface area contributed by atoms with E-state index in [9.17, 15) is 18.0 Å². The van der Waals surface area contributed by atoms with Crippen molar-refractivity contribution < 1.29 is 35.7 Å². The van der Waals surface area contributed by atoms with Crippen molar-refractivity contribution in [3.63, 3.8) is 0 Å². The summed E-state index contributed by atoms with van der Waals surface area (Å²) in [6.07, 6.45) is -6.74. The van der Waals surface area contributed by atoms with E-state index in [-0.39, 0.29) is 57.2 Å². The summed E-state index contributed by atoms with van der Waals surface area (Å²) >= 11 is 0. The minimum atomic E-state index is -4.24. The van der Waals surface area contributed by atoms with E-state index >= 15 is 0 Å². The van der Waals surface area contributed by atoms with Gasteiger partial charge in [0.2, 0.25) is 0 Å². The number of nitrogens with zero attached hydrogens (tertiary/aromatic N) is 3. The quantitative estimate of drug-likeness (QED) is 0.466. The fraction of sp³-hybridized carbons (Fsp3) is 0.438. The summed E-state index contributed by atoms with van der Waals surface area (Å²) in [5.41, 5.74) is 3.19. The fourth-order valence-corrected chi connectivity index (χ4v) is 6.65. The predicted molar refractivity (Wildman–Crippen MR) is 165 cm³/mol. The number of carbonyl (C=O) groups excluding carboxylic acids is 2. The lowest BCUT2D eigenvalue weighted by Gasteiger charge is -2.24. The molecule has 1 fully saturated rings. The number of likely N-dealkylation sites (N-methyl/N-ethyl adjacent to an activating group) is 2. The summed E-state index contributed by atoms with van der Waals surface area (Å²) in [4.78, 5) is 29.0. The van der Waals surface area contributed by atoms with E-state index in [1.165, 1.54) is 31.2 Å². The molecule has 0 saturated heterocycles. The molecule has 4 bridgehead atoms. The number of fused-ring (bicyclic) bond motifs is 4. The largest absolute Gasteiger partial charge is 0.497 e. The van der Waals surface area contributed by atoms with Crippen molar-refractivity contribution in [1.82, 2.24) is 18.5 Å². The molecule has 43 heavy (non-hydrogen) atoms. The van der Waals surface area contributed by atoms with Crippen LogP contribution in [0.2, 0.25) is 0 Å². The van der Waals surface area contributed by atoms with Gasteiger partial charge in [-0.1, -0.05) is 25.2 Å². The number of nitrogens with one attached hydrogen (secondary N) is 1. The van der Waals surface area contributed by atoms with Crippen LogP contribution in [0.5, 0.6) is 5.75 Å². The van der Waals surface area contributed by atoms with Gasteiger partial charge in [0.25, 0.3) is 11.8 Å². The average Bonchev–Trinajstić information content (AvgIpc) is 3.24. The molecule has 1 N–H and O–H groups in total. The number of rotatable bonds is 2. The third kappa shape index (κ3) is 5.57. The molecule has 3 aromatic rings. The van der Waals surface area contributed by atoms with Crippen LogP contribution in [0, 0.1) is 0 Å². The van der Waals surface area contributed by atoms with Crippen molar-refractivity contribution in [2.45, 2.75) is 44.4 Å². The number of hydrogen-bond acceptors (Lipinski definition) is 6. The Bertz CT molecular complexity index is 1980. The Kier molecular flexibility index (Phi) is 6.25. The van der Waals surface area contributed by atoms with Gasteiger partial charge in [-0.05, 0) is 66.3 Å². The van der Waals surface area contributed by atoms with Crippen LogP contribution in [0.25, 0.3) is 28.2 Å². The Morgan fingerprint density at radius 1 is 1.02 bits per heavy atom. The first-order chi connectivity index (χ1) is 22.9. The highest BCUT2D eigenvalue weighted by atomic mass is 32.2. The molecule has 1 aliphatic carbocycles. The van der Waals surface area contributed by atoms with E-state index in [4.69, 9.17) is 17.7 Å². The molecule has 3 heterocycles. The second-order valence-electron chi connectivity index (χ2n) is 10.9. The second-order valence-corrected chi connectivity index (χ2v) is 12.7. The van der Waals surface area contributed by atoms with E-state index < -0.39 is 41.2 Å². The minimum Gasteiger partial charge on any atom is -0.497 e. The molecule has 228 valence electrons. The molecule has 1 saturated carbocycles. The summed E-state index contributed by atoms with van der Waals surface area (Å²) in [7, 11) is 0.226. The number of carbonyl (C=O) groups is 2. The van der Waals surface area contributed by atoms with Crippen LogP contribution in [0.4, 0.5) is 0 Å². The van der Waals surface area contributed by atoms with Gasteiger partial charge in [-0.15, -0.1) is 0 Å². The molecule has 10 nitrogen and oxygen atoms in total. The average molecular weight is 613 g/mol. The molecule has 2 aromatic carbocycles. The van der Waals surface area contributed by atoms with E-state index in [0.717, 1.165) is 4.31 Å². The number of benzene rings is 2. The molecule has 11 heteroatoms. The first kappa shape index (κ1) is 22.8. The SMILES string of the molecule is [2H]C1([2H])CC(c2c3n4c5cc(ccc25)C(=O)NS(=O)(=O)N(C)CCOCCN(C)C(=O)C(=Cc2cc(OC)ccc2-3)C4)CC([2H])([2H])C1([2H])[2H]. The molecule has 0 radical (unpaired) electrons. The molecule has 0 atom stereocenters. The number of ether oxygens (including phenoxy) is 2. The van der Waals surface area contributed by atoms with Crippen molar-refractivity contribution in [1.29, 1.82) is 0 Å². The van der Waals surface area contributed by atoms with Crippen molar-refractivity contribution in [3.05, 3.63) is 58.7 Å². The Morgan fingerprint density at radius 2 is 1.79 bits per heavy atom. The molecule has 2 amide bonds. The van der Waals surface area contributed by atoms with Crippen molar-refractivity contribution in [2.75, 3.05) is 47.5 Å². The molecule has 1 aromatic heterocycles. The zero-order valence-corrected chi connectivity index (χ0v) is 25.1. The minimum absolute atomic E-state index is 0.00625. The Labute approximate surface area is 260 Å². The summed E-state index contributed by atoms with van der Waals surface area (Å²) in [6.45, 7) is 0.331. The molecular weight excluding hydrogens is 568 g/mol. The zero-order valence-electron chi connectivity index (χ0n) is 30.3. The summed E-state index contributed by atoms with van der Waals surface area (Å²) in [5.74, 6) is -1.48. The van der Waals surface area contributed by atoms with E-state index in [2.05, 4.69) is 4.72 Å². The van der Waals surface area contributed by atoms with Gasteiger partial charge >= 0.3 is 10.2 Å². The summed E-state index contributed by atoms with van der Waals surface area (Å²) in [5, 5.41) is 0.542. The van der Waals surface area contributed by atoms with Crippen LogP contribution in [0.3, 0.4) is 0 Å². The lowest BCUT2D eigenvalue weighted by atomic mass is 9.81. The lowest BCUT2D eigenvalue weighted by Crippen LogP contribution is -2.42. The van der Waals surface area contributed by atoms with Crippen molar-refractivity contribution >= 4 is 39.0 Å². The van der Waals surface area contributed by atoms with Gasteiger partial charge in [0.05, 0.1) is 32.6 Å². The highest BCUT2D eigenvalue weighted by Crippen LogP contribution is 2.47. The van der Waals surface area contributed by atoms with Gasteiger partial charge in [-0.3, -0.25) is 9.59 Å². The number of aromatic nitrogens is 1. The highest BCUT2D eigenvalue weighted by Gasteiger charge is 2.31. The van der Waals surface area contributed by atoms with E-state index in [1.807, 2.05) is 4.57 Å². The van der Waals surface area contributed by atoms with Crippen LogP contribution in [-0.2, 0) is 26.3 Å². The molecule has 0 spiro atoms. The third-order valence-electron chi connectivity index (χ3n) is 8.19. The topological polar surface area (TPSA) is 110 Å². The molecule has 2 aliphatic heterocycles. The Hall–Kier alpha value is -3.67. The van der Waals surface area contributed by atoms with E-state index in [0.29, 0.717) is 44.6 Å². The van der Waals surface area contributed by atoms with E-state index in [1.54, 1.807) is 37.4 Å². The van der Waals surface area contributed by atoms with Crippen molar-refractivity contribution in [3.8, 4) is 17.0 Å². The zero-order chi connectivity index (χ0) is 35.7. The molecular formula is C32H38N4O6S. The van der Waals surface area contributed by atoms with Crippen LogP contribution < -0.4 is 9.46 Å². The molecule has 0 unspecified atom stereocenters. The van der Waals surface area contributed by atoms with Crippen LogP contribution in [0.15, 0.2) is 42.0 Å². The Morgan fingerprint density at radius 3 is 2.56 bits per heavy atom. The first-order valence-electron chi connectivity index (χ1n) is 17.1. The van der Waals surface area contributed by atoms with Crippen LogP contribution in [-0.4, -0.2) is 81.5 Å². The van der Waals surface area contributed by atoms with Gasteiger partial charge in [-0.2, -0.15) is 12.7 Å². The summed E-state index contributed by atoms with van der Waals surface area (Å²) < 4.78 is 93.4. The monoisotopic (exact) mass is 612 g/mol. The lowest BCUT2D eigenvalue weighted by molar-refractivity contribution is -0.126. The number of hydrogen-bond donors (Lipinski definition) is 1. The van der Waals surface area contributed by atoms with Gasteiger partial charge < -0.3 is 18.9 Å². The summed E-state index contributed by atoms with van der Waals surface area (Å²) in [6, 6.07) is 9.90. The highest BCUT2D eigenvalue weighted by molar-refractivity contribution is 7.87. The normalized spacial score (nSPS) is 26.0. The van der Waals surface area contributed by atoms with Crippen LogP contribution in [0.1, 0.15) is 67.6 Å². The maximum atomic E-state index is 14.0. The number of amides is 2. The van der Waals surface area contributed by atoms with Gasteiger partial charge in [0.15, 0.2) is 0 Å². The predicted octanol–water partition coefficient (Wildman–Crippen LogP) is 4.16. The van der Waals surface area contributed by atoms with Crippen LogP contribution >= 0.6 is 0 Å². The maximum absolute atomic E-state index is 14.0. The standard InChI is InChI=1S/C32H38N4O6S/c1-34-13-15-42-16-14-35(2)43(39,40)33-31(37)22-9-11-27-28(19-22)36-20-24(32(34)38)17-23-18-25(41-3)10-12-26(23)30(36)29(27)21-7-5-4-6-8-21/h9-12,17-19,21H,4-8,13-16,20H2,1-3H3,(H,33,37)/i4D2,5D2,6D2. The van der Waals surface area contributed by atoms with Gasteiger partial charge in [0, 0.05) is 63.0 Å². The van der Waals surface area contributed by atoms with Crippen molar-refractivity contribution in [2.24, 2.45) is 0 Å².